The zero-order valence-corrected chi connectivity index (χ0v) is 10.8. The summed E-state index contributed by atoms with van der Waals surface area (Å²) in [5, 5.41) is 10.9. The number of benzene rings is 2. The van der Waals surface area contributed by atoms with Crippen LogP contribution in [-0.2, 0) is 0 Å². The van der Waals surface area contributed by atoms with E-state index in [1.807, 2.05) is 24.3 Å². The molecule has 0 aliphatic rings. The minimum absolute atomic E-state index is 0.281. The van der Waals surface area contributed by atoms with Crippen LogP contribution in [0, 0.1) is 5.82 Å². The quantitative estimate of drug-likeness (QED) is 0.793. The van der Waals surface area contributed by atoms with E-state index in [0.29, 0.717) is 17.1 Å². The van der Waals surface area contributed by atoms with Crippen LogP contribution in [0.3, 0.4) is 0 Å². The number of ether oxygens (including phenoxy) is 1. The predicted molar refractivity (Wildman–Crippen MR) is 73.8 cm³/mol. The Bertz CT molecular complexity index is 722. The van der Waals surface area contributed by atoms with Gasteiger partial charge in [-0.05, 0) is 36.4 Å². The molecule has 5 heteroatoms. The maximum atomic E-state index is 13.0. The molecule has 0 saturated heterocycles. The topological polar surface area (TPSA) is 50.8 Å². The first-order valence-electron chi connectivity index (χ1n) is 6.09. The van der Waals surface area contributed by atoms with Gasteiger partial charge in [0.1, 0.15) is 23.0 Å². The third-order valence-corrected chi connectivity index (χ3v) is 3.03. The molecule has 100 valence electrons. The summed E-state index contributed by atoms with van der Waals surface area (Å²) in [4.78, 5) is 0. The summed E-state index contributed by atoms with van der Waals surface area (Å²) in [5.74, 6) is 0.431. The van der Waals surface area contributed by atoms with Gasteiger partial charge in [0.15, 0.2) is 0 Å². The minimum atomic E-state index is -0.281. The van der Waals surface area contributed by atoms with Crippen molar-refractivity contribution >= 4 is 0 Å². The van der Waals surface area contributed by atoms with Crippen molar-refractivity contribution in [2.24, 2.45) is 0 Å². The standard InChI is InChI=1S/C15H12FN3O/c1-20-13-5-3-2-4-12(13)15-14(17-19-18-15)10-6-8-11(16)9-7-10/h2-9H,1H3,(H,17,18,19). The molecule has 0 aliphatic carbocycles. The second-order valence-electron chi connectivity index (χ2n) is 4.23. The Balaban J connectivity index is 2.13. The largest absolute Gasteiger partial charge is 0.496 e. The molecule has 3 rings (SSSR count). The first kappa shape index (κ1) is 12.3. The normalized spacial score (nSPS) is 10.5. The lowest BCUT2D eigenvalue weighted by Gasteiger charge is -2.07. The van der Waals surface area contributed by atoms with Crippen LogP contribution in [-0.4, -0.2) is 22.5 Å². The zero-order chi connectivity index (χ0) is 13.9. The van der Waals surface area contributed by atoms with Gasteiger partial charge in [0.25, 0.3) is 0 Å². The molecule has 0 amide bonds. The number of H-pyrrole nitrogens is 1. The Morgan fingerprint density at radius 1 is 0.950 bits per heavy atom. The number of hydrogen-bond acceptors (Lipinski definition) is 3. The number of aromatic nitrogens is 3. The fourth-order valence-electron chi connectivity index (χ4n) is 2.07. The van der Waals surface area contributed by atoms with E-state index >= 15 is 0 Å². The lowest BCUT2D eigenvalue weighted by molar-refractivity contribution is 0.416. The van der Waals surface area contributed by atoms with Crippen molar-refractivity contribution in [1.29, 1.82) is 0 Å². The Hall–Kier alpha value is -2.69. The smallest absolute Gasteiger partial charge is 0.128 e. The van der Waals surface area contributed by atoms with Crippen LogP contribution < -0.4 is 4.74 Å². The van der Waals surface area contributed by atoms with Crippen LogP contribution in [0.2, 0.25) is 0 Å². The van der Waals surface area contributed by atoms with Gasteiger partial charge >= 0.3 is 0 Å². The molecule has 0 bridgehead atoms. The molecular weight excluding hydrogens is 257 g/mol. The SMILES string of the molecule is COc1ccccc1-c1n[nH]nc1-c1ccc(F)cc1. The number of rotatable bonds is 3. The number of nitrogens with one attached hydrogen (secondary N) is 1. The average molecular weight is 269 g/mol. The average Bonchev–Trinajstić information content (AvgIpc) is 2.97. The van der Waals surface area contributed by atoms with Gasteiger partial charge < -0.3 is 4.74 Å². The summed E-state index contributed by atoms with van der Waals surface area (Å²) >= 11 is 0. The van der Waals surface area contributed by atoms with E-state index in [2.05, 4.69) is 15.4 Å². The number of para-hydroxylation sites is 1. The van der Waals surface area contributed by atoms with Crippen molar-refractivity contribution in [2.45, 2.75) is 0 Å². The molecule has 2 aromatic carbocycles. The highest BCUT2D eigenvalue weighted by molar-refractivity contribution is 5.80. The molecule has 0 spiro atoms. The second-order valence-corrected chi connectivity index (χ2v) is 4.23. The summed E-state index contributed by atoms with van der Waals surface area (Å²) in [5.41, 5.74) is 2.97. The third-order valence-electron chi connectivity index (χ3n) is 3.03. The molecule has 20 heavy (non-hydrogen) atoms. The number of aromatic amines is 1. The van der Waals surface area contributed by atoms with Crippen LogP contribution >= 0.6 is 0 Å². The molecule has 0 atom stereocenters. The van der Waals surface area contributed by atoms with Crippen molar-refractivity contribution in [1.82, 2.24) is 15.4 Å². The van der Waals surface area contributed by atoms with Gasteiger partial charge in [-0.15, -0.1) is 0 Å². The number of halogens is 1. The highest BCUT2D eigenvalue weighted by atomic mass is 19.1. The fraction of sp³-hybridized carbons (Fsp3) is 0.0667. The molecule has 0 saturated carbocycles. The summed E-state index contributed by atoms with van der Waals surface area (Å²) in [6.07, 6.45) is 0. The van der Waals surface area contributed by atoms with Crippen molar-refractivity contribution in [3.8, 4) is 28.3 Å². The number of hydrogen-bond donors (Lipinski definition) is 1. The van der Waals surface area contributed by atoms with Crippen molar-refractivity contribution in [3.05, 3.63) is 54.3 Å². The Kier molecular flexibility index (Phi) is 3.16. The molecule has 0 aliphatic heterocycles. The third kappa shape index (κ3) is 2.14. The van der Waals surface area contributed by atoms with Gasteiger partial charge in [-0.3, -0.25) is 0 Å². The predicted octanol–water partition coefficient (Wildman–Crippen LogP) is 3.29. The summed E-state index contributed by atoms with van der Waals surface area (Å²) in [6.45, 7) is 0. The highest BCUT2D eigenvalue weighted by Gasteiger charge is 2.15. The summed E-state index contributed by atoms with van der Waals surface area (Å²) in [6, 6.07) is 13.7. The Morgan fingerprint density at radius 2 is 1.65 bits per heavy atom. The van der Waals surface area contributed by atoms with E-state index in [0.717, 1.165) is 11.1 Å². The molecule has 3 aromatic rings. The number of methoxy groups -OCH3 is 1. The van der Waals surface area contributed by atoms with Crippen molar-refractivity contribution < 1.29 is 9.13 Å². The van der Waals surface area contributed by atoms with Gasteiger partial charge in [0.2, 0.25) is 0 Å². The zero-order valence-electron chi connectivity index (χ0n) is 10.8. The first-order chi connectivity index (χ1) is 9.79. The van der Waals surface area contributed by atoms with Gasteiger partial charge in [0.05, 0.1) is 7.11 Å². The lowest BCUT2D eigenvalue weighted by Crippen LogP contribution is -1.90. The van der Waals surface area contributed by atoms with Crippen LogP contribution in [0.5, 0.6) is 5.75 Å². The van der Waals surface area contributed by atoms with Crippen molar-refractivity contribution in [3.63, 3.8) is 0 Å². The van der Waals surface area contributed by atoms with Gasteiger partial charge in [-0.25, -0.2) is 4.39 Å². The Morgan fingerprint density at radius 3 is 2.40 bits per heavy atom. The fourth-order valence-corrected chi connectivity index (χ4v) is 2.07. The molecule has 0 radical (unpaired) electrons. The van der Waals surface area contributed by atoms with E-state index in [1.165, 1.54) is 12.1 Å². The first-order valence-corrected chi connectivity index (χ1v) is 6.09. The summed E-state index contributed by atoms with van der Waals surface area (Å²) < 4.78 is 18.3. The molecule has 1 N–H and O–H groups in total. The number of nitrogens with zero attached hydrogens (tertiary/aromatic N) is 2. The van der Waals surface area contributed by atoms with E-state index < -0.39 is 0 Å². The molecule has 1 heterocycles. The minimum Gasteiger partial charge on any atom is -0.496 e. The molecule has 0 unspecified atom stereocenters. The van der Waals surface area contributed by atoms with Gasteiger partial charge in [-0.2, -0.15) is 15.4 Å². The second kappa shape index (κ2) is 5.13. The van der Waals surface area contributed by atoms with Crippen LogP contribution in [0.15, 0.2) is 48.5 Å². The maximum Gasteiger partial charge on any atom is 0.128 e. The van der Waals surface area contributed by atoms with Gasteiger partial charge in [-0.1, -0.05) is 12.1 Å². The Labute approximate surface area is 115 Å². The molecular formula is C15H12FN3O. The summed E-state index contributed by atoms with van der Waals surface area (Å²) in [7, 11) is 1.61. The van der Waals surface area contributed by atoms with Crippen LogP contribution in [0.4, 0.5) is 4.39 Å². The van der Waals surface area contributed by atoms with Crippen LogP contribution in [0.25, 0.3) is 22.5 Å². The molecule has 4 nitrogen and oxygen atoms in total. The maximum absolute atomic E-state index is 13.0. The molecule has 0 fully saturated rings. The van der Waals surface area contributed by atoms with Crippen LogP contribution in [0.1, 0.15) is 0 Å². The van der Waals surface area contributed by atoms with Crippen molar-refractivity contribution in [2.75, 3.05) is 7.11 Å². The lowest BCUT2D eigenvalue weighted by atomic mass is 10.0. The van der Waals surface area contributed by atoms with E-state index in [9.17, 15) is 4.39 Å². The van der Waals surface area contributed by atoms with E-state index in [4.69, 9.17) is 4.74 Å². The molecule has 1 aromatic heterocycles. The van der Waals surface area contributed by atoms with E-state index in [1.54, 1.807) is 19.2 Å². The van der Waals surface area contributed by atoms with E-state index in [-0.39, 0.29) is 5.82 Å². The highest BCUT2D eigenvalue weighted by Crippen LogP contribution is 2.34. The monoisotopic (exact) mass is 269 g/mol. The van der Waals surface area contributed by atoms with Gasteiger partial charge in [0, 0.05) is 11.1 Å².